The number of fused-ring (bicyclic) bond motifs is 2. The van der Waals surface area contributed by atoms with Gasteiger partial charge in [-0.3, -0.25) is 4.79 Å². The van der Waals surface area contributed by atoms with E-state index in [1.165, 1.54) is 12.5 Å². The first-order valence-electron chi connectivity index (χ1n) is 8.65. The molecule has 0 fully saturated rings. The highest BCUT2D eigenvalue weighted by Gasteiger charge is 2.22. The summed E-state index contributed by atoms with van der Waals surface area (Å²) in [5.74, 6) is -0.297. The summed E-state index contributed by atoms with van der Waals surface area (Å²) in [5, 5.41) is 11.9. The Bertz CT molecular complexity index is 991. The third-order valence-electron chi connectivity index (χ3n) is 4.87. The summed E-state index contributed by atoms with van der Waals surface area (Å²) in [6.45, 7) is 2.78. The lowest BCUT2D eigenvalue weighted by Crippen LogP contribution is -2.02. The molecule has 3 aromatic rings. The van der Waals surface area contributed by atoms with Gasteiger partial charge >= 0.3 is 5.97 Å². The lowest BCUT2D eigenvalue weighted by molar-refractivity contribution is -0.142. The van der Waals surface area contributed by atoms with Crippen molar-refractivity contribution in [2.45, 2.75) is 33.4 Å². The van der Waals surface area contributed by atoms with Crippen LogP contribution >= 0.6 is 0 Å². The Balaban J connectivity index is 1.99. The van der Waals surface area contributed by atoms with E-state index in [0.29, 0.717) is 13.2 Å². The summed E-state index contributed by atoms with van der Waals surface area (Å²) >= 11 is 0. The molecule has 0 saturated heterocycles. The highest BCUT2D eigenvalue weighted by atomic mass is 16.5. The van der Waals surface area contributed by atoms with E-state index in [1.807, 2.05) is 30.3 Å². The maximum absolute atomic E-state index is 11.3. The van der Waals surface area contributed by atoms with Crippen LogP contribution in [0, 0.1) is 0 Å². The van der Waals surface area contributed by atoms with Gasteiger partial charge in [0.1, 0.15) is 6.61 Å². The predicted octanol–water partition coefficient (Wildman–Crippen LogP) is 4.09. The number of aliphatic hydroxyl groups excluding tert-OH is 1. The van der Waals surface area contributed by atoms with Crippen LogP contribution in [0.5, 0.6) is 0 Å². The van der Waals surface area contributed by atoms with Crippen molar-refractivity contribution < 1.29 is 19.4 Å². The highest BCUT2D eigenvalue weighted by Crippen LogP contribution is 2.40. The van der Waals surface area contributed by atoms with Crippen LogP contribution in [-0.4, -0.2) is 11.1 Å². The second-order valence-corrected chi connectivity index (χ2v) is 6.49. The molecule has 26 heavy (non-hydrogen) atoms. The summed E-state index contributed by atoms with van der Waals surface area (Å²) in [7, 11) is 0. The van der Waals surface area contributed by atoms with E-state index in [1.54, 1.807) is 0 Å². The van der Waals surface area contributed by atoms with Crippen LogP contribution in [0.1, 0.15) is 29.2 Å². The lowest BCUT2D eigenvalue weighted by atomic mass is 9.87. The van der Waals surface area contributed by atoms with Crippen LogP contribution in [0.15, 0.2) is 48.5 Å². The summed E-state index contributed by atoms with van der Waals surface area (Å²) in [5.41, 5.74) is 6.32. The largest absolute Gasteiger partial charge is 0.461 e. The Morgan fingerprint density at radius 3 is 2.69 bits per heavy atom. The van der Waals surface area contributed by atoms with E-state index in [2.05, 4.69) is 18.2 Å². The van der Waals surface area contributed by atoms with Gasteiger partial charge in [0.05, 0.1) is 19.8 Å². The minimum atomic E-state index is -0.297. The summed E-state index contributed by atoms with van der Waals surface area (Å²) in [6.07, 6.45) is 0. The van der Waals surface area contributed by atoms with E-state index in [4.69, 9.17) is 9.47 Å². The van der Waals surface area contributed by atoms with Crippen molar-refractivity contribution in [1.29, 1.82) is 0 Å². The Morgan fingerprint density at radius 1 is 1.08 bits per heavy atom. The van der Waals surface area contributed by atoms with Gasteiger partial charge in [-0.2, -0.15) is 0 Å². The van der Waals surface area contributed by atoms with Crippen LogP contribution in [0.25, 0.3) is 21.9 Å². The van der Waals surface area contributed by atoms with Crippen molar-refractivity contribution in [3.8, 4) is 11.1 Å². The average Bonchev–Trinajstić information content (AvgIpc) is 3.12. The molecule has 0 spiro atoms. The van der Waals surface area contributed by atoms with Crippen molar-refractivity contribution in [1.82, 2.24) is 0 Å². The number of ether oxygens (including phenoxy) is 2. The van der Waals surface area contributed by atoms with Gasteiger partial charge in [0.25, 0.3) is 0 Å². The molecule has 0 radical (unpaired) electrons. The van der Waals surface area contributed by atoms with Gasteiger partial charge in [0, 0.05) is 6.92 Å². The van der Waals surface area contributed by atoms with Gasteiger partial charge in [-0.15, -0.1) is 0 Å². The maximum atomic E-state index is 11.3. The number of hydrogen-bond donors (Lipinski definition) is 1. The fourth-order valence-electron chi connectivity index (χ4n) is 3.66. The van der Waals surface area contributed by atoms with Crippen LogP contribution < -0.4 is 0 Å². The van der Waals surface area contributed by atoms with Crippen molar-refractivity contribution in [3.63, 3.8) is 0 Å². The van der Waals surface area contributed by atoms with Crippen LogP contribution in [0.4, 0.5) is 0 Å². The smallest absolute Gasteiger partial charge is 0.302 e. The molecule has 1 aliphatic heterocycles. The van der Waals surface area contributed by atoms with E-state index < -0.39 is 0 Å². The number of benzene rings is 3. The zero-order valence-corrected chi connectivity index (χ0v) is 14.6. The molecule has 132 valence electrons. The van der Waals surface area contributed by atoms with E-state index >= 15 is 0 Å². The molecule has 1 heterocycles. The van der Waals surface area contributed by atoms with Gasteiger partial charge in [0.2, 0.25) is 0 Å². The number of hydrogen-bond acceptors (Lipinski definition) is 4. The molecule has 0 saturated carbocycles. The molecule has 0 unspecified atom stereocenters. The first kappa shape index (κ1) is 16.8. The molecule has 3 aromatic carbocycles. The minimum Gasteiger partial charge on any atom is -0.461 e. The fraction of sp³-hybridized carbons (Fsp3) is 0.227. The van der Waals surface area contributed by atoms with Crippen LogP contribution in [-0.2, 0) is 40.7 Å². The van der Waals surface area contributed by atoms with Crippen molar-refractivity contribution in [3.05, 3.63) is 70.8 Å². The first-order valence-corrected chi connectivity index (χ1v) is 8.65. The average molecular weight is 348 g/mol. The number of rotatable bonds is 4. The van der Waals surface area contributed by atoms with Gasteiger partial charge in [-0.1, -0.05) is 42.5 Å². The molecule has 0 aliphatic carbocycles. The molecule has 1 aliphatic rings. The van der Waals surface area contributed by atoms with Gasteiger partial charge in [0.15, 0.2) is 0 Å². The van der Waals surface area contributed by atoms with E-state index in [-0.39, 0.29) is 19.2 Å². The monoisotopic (exact) mass is 348 g/mol. The second kappa shape index (κ2) is 6.90. The third-order valence-corrected chi connectivity index (χ3v) is 4.87. The standard InChI is InChI=1S/C22H20O4/c1-14(24)26-12-16-5-2-3-7-18(16)22-19-8-4-6-15(10-23)20(19)9-17-11-25-13-21(17)22/h2-9,23H,10-13H2,1H3. The number of carbonyl (C=O) groups is 1. The summed E-state index contributed by atoms with van der Waals surface area (Å²) in [4.78, 5) is 11.3. The molecule has 0 aromatic heterocycles. The van der Waals surface area contributed by atoms with Gasteiger partial charge < -0.3 is 14.6 Å². The predicted molar refractivity (Wildman–Crippen MR) is 99.3 cm³/mol. The SMILES string of the molecule is CC(=O)OCc1ccccc1-c1c2c(cc3c(CO)cccc13)COC2. The Kier molecular flexibility index (Phi) is 4.45. The molecule has 4 nitrogen and oxygen atoms in total. The maximum Gasteiger partial charge on any atom is 0.302 e. The van der Waals surface area contributed by atoms with Gasteiger partial charge in [-0.25, -0.2) is 0 Å². The molecule has 0 bridgehead atoms. The second-order valence-electron chi connectivity index (χ2n) is 6.49. The molecular formula is C22H20O4. The molecule has 4 heteroatoms. The molecular weight excluding hydrogens is 328 g/mol. The van der Waals surface area contributed by atoms with Gasteiger partial charge in [-0.05, 0) is 50.2 Å². The summed E-state index contributed by atoms with van der Waals surface area (Å²) < 4.78 is 11.0. The number of esters is 1. The normalized spacial score (nSPS) is 13.0. The van der Waals surface area contributed by atoms with E-state index in [9.17, 15) is 9.90 Å². The molecule has 4 rings (SSSR count). The minimum absolute atomic E-state index is 0.00841. The zero-order valence-electron chi connectivity index (χ0n) is 14.6. The quantitative estimate of drug-likeness (QED) is 0.722. The van der Waals surface area contributed by atoms with Crippen molar-refractivity contribution >= 4 is 16.7 Å². The molecule has 0 amide bonds. The highest BCUT2D eigenvalue weighted by molar-refractivity contribution is 6.01. The topological polar surface area (TPSA) is 55.8 Å². The van der Waals surface area contributed by atoms with E-state index in [0.717, 1.165) is 38.6 Å². The summed E-state index contributed by atoms with van der Waals surface area (Å²) in [6, 6.07) is 16.1. The van der Waals surface area contributed by atoms with Crippen LogP contribution in [0.2, 0.25) is 0 Å². The molecule has 1 N–H and O–H groups in total. The molecule has 0 atom stereocenters. The third kappa shape index (κ3) is 2.87. The number of aliphatic hydroxyl groups is 1. The Morgan fingerprint density at radius 2 is 1.88 bits per heavy atom. The van der Waals surface area contributed by atoms with Crippen molar-refractivity contribution in [2.24, 2.45) is 0 Å². The Labute approximate surface area is 152 Å². The van der Waals surface area contributed by atoms with Crippen LogP contribution in [0.3, 0.4) is 0 Å². The zero-order chi connectivity index (χ0) is 18.1. The van der Waals surface area contributed by atoms with Crippen molar-refractivity contribution in [2.75, 3.05) is 0 Å². The lowest BCUT2D eigenvalue weighted by Gasteiger charge is -2.17. The first-order chi connectivity index (χ1) is 12.7. The Hall–Kier alpha value is -2.69. The number of carbonyl (C=O) groups excluding carboxylic acids is 1. The fourth-order valence-corrected chi connectivity index (χ4v) is 3.66.